The molecule has 2 aliphatic rings. The molecule has 0 radical (unpaired) electrons. The van der Waals surface area contributed by atoms with Crippen LogP contribution in [0.5, 0.6) is 0 Å². The zero-order valence-corrected chi connectivity index (χ0v) is 18.7. The highest BCUT2D eigenvalue weighted by Crippen LogP contribution is 2.28. The number of aromatic nitrogens is 2. The van der Waals surface area contributed by atoms with E-state index < -0.39 is 0 Å². The molecule has 0 saturated carbocycles. The minimum absolute atomic E-state index is 0.0108. The molecule has 8 nitrogen and oxygen atoms in total. The van der Waals surface area contributed by atoms with Crippen LogP contribution in [-0.4, -0.2) is 81.9 Å². The SMILES string of the molecule is Cc1c(C(=O)N2CCN(C)CC2)sc2ncn(CC(=O)N3CCCCC3C)c(=O)c12. The lowest BCUT2D eigenvalue weighted by atomic mass is 10.0. The van der Waals surface area contributed by atoms with Gasteiger partial charge in [-0.25, -0.2) is 4.98 Å². The van der Waals surface area contributed by atoms with Crippen molar-refractivity contribution in [2.24, 2.45) is 0 Å². The third-order valence-electron chi connectivity index (χ3n) is 6.33. The number of piperidine rings is 1. The lowest BCUT2D eigenvalue weighted by Crippen LogP contribution is -2.47. The van der Waals surface area contributed by atoms with Crippen LogP contribution in [-0.2, 0) is 11.3 Å². The van der Waals surface area contributed by atoms with Crippen LogP contribution >= 0.6 is 11.3 Å². The topological polar surface area (TPSA) is 78.8 Å². The molecule has 2 aliphatic heterocycles. The van der Waals surface area contributed by atoms with Crippen molar-refractivity contribution in [2.75, 3.05) is 39.8 Å². The summed E-state index contributed by atoms with van der Waals surface area (Å²) in [5, 5.41) is 0.458. The summed E-state index contributed by atoms with van der Waals surface area (Å²) in [4.78, 5) is 50.4. The average molecular weight is 432 g/mol. The van der Waals surface area contributed by atoms with Crippen LogP contribution in [0.15, 0.2) is 11.1 Å². The Labute approximate surface area is 180 Å². The number of carbonyl (C=O) groups excluding carboxylic acids is 2. The summed E-state index contributed by atoms with van der Waals surface area (Å²) >= 11 is 1.27. The van der Waals surface area contributed by atoms with Crippen molar-refractivity contribution in [3.05, 3.63) is 27.1 Å². The molecule has 0 aliphatic carbocycles. The van der Waals surface area contributed by atoms with Gasteiger partial charge in [0.2, 0.25) is 5.91 Å². The summed E-state index contributed by atoms with van der Waals surface area (Å²) < 4.78 is 1.38. The fourth-order valence-corrected chi connectivity index (χ4v) is 5.44. The lowest BCUT2D eigenvalue weighted by molar-refractivity contribution is -0.135. The zero-order valence-electron chi connectivity index (χ0n) is 17.9. The molecule has 2 aromatic rings. The number of amides is 2. The standard InChI is InChI=1S/C21H29N5O3S/c1-14-6-4-5-7-26(14)16(27)12-25-13-22-19-17(20(25)28)15(2)18(30-19)21(29)24-10-8-23(3)9-11-24/h13-14H,4-12H2,1-3H3. The van der Waals surface area contributed by atoms with Gasteiger partial charge in [0.05, 0.1) is 16.6 Å². The third kappa shape index (κ3) is 3.88. The van der Waals surface area contributed by atoms with Gasteiger partial charge in [-0.05, 0) is 45.7 Å². The van der Waals surface area contributed by atoms with E-state index >= 15 is 0 Å². The summed E-state index contributed by atoms with van der Waals surface area (Å²) in [6.07, 6.45) is 4.58. The first kappa shape index (κ1) is 21.0. The average Bonchev–Trinajstić information content (AvgIpc) is 3.07. The van der Waals surface area contributed by atoms with Crippen molar-refractivity contribution in [1.82, 2.24) is 24.3 Å². The molecular formula is C21H29N5O3S. The van der Waals surface area contributed by atoms with Gasteiger partial charge < -0.3 is 14.7 Å². The Balaban J connectivity index is 1.60. The van der Waals surface area contributed by atoms with E-state index in [0.717, 1.165) is 38.9 Å². The Kier molecular flexibility index (Phi) is 5.92. The van der Waals surface area contributed by atoms with Gasteiger partial charge in [-0.2, -0.15) is 0 Å². The first-order valence-electron chi connectivity index (χ1n) is 10.6. The molecule has 0 spiro atoms. The van der Waals surface area contributed by atoms with E-state index in [2.05, 4.69) is 16.8 Å². The van der Waals surface area contributed by atoms with Gasteiger partial charge in [0.1, 0.15) is 11.4 Å². The van der Waals surface area contributed by atoms with E-state index in [-0.39, 0.29) is 30.0 Å². The Morgan fingerprint density at radius 2 is 1.90 bits per heavy atom. The molecule has 1 unspecified atom stereocenters. The number of likely N-dealkylation sites (N-methyl/N-ethyl adjacent to an activating group) is 1. The Bertz CT molecular complexity index is 1020. The van der Waals surface area contributed by atoms with Crippen LogP contribution < -0.4 is 5.56 Å². The predicted molar refractivity (Wildman–Crippen MR) is 117 cm³/mol. The van der Waals surface area contributed by atoms with Crippen molar-refractivity contribution in [3.8, 4) is 0 Å². The summed E-state index contributed by atoms with van der Waals surface area (Å²) in [7, 11) is 2.05. The molecule has 30 heavy (non-hydrogen) atoms. The Hall–Kier alpha value is -2.26. The quantitative estimate of drug-likeness (QED) is 0.737. The van der Waals surface area contributed by atoms with Crippen molar-refractivity contribution in [1.29, 1.82) is 0 Å². The van der Waals surface area contributed by atoms with Crippen LogP contribution in [0.25, 0.3) is 10.2 Å². The highest BCUT2D eigenvalue weighted by Gasteiger charge is 2.27. The zero-order chi connectivity index (χ0) is 21.4. The largest absolute Gasteiger partial charge is 0.338 e. The maximum absolute atomic E-state index is 13.1. The van der Waals surface area contributed by atoms with Crippen molar-refractivity contribution in [2.45, 2.75) is 45.7 Å². The van der Waals surface area contributed by atoms with E-state index in [4.69, 9.17) is 0 Å². The fourth-order valence-electron chi connectivity index (χ4n) is 4.33. The van der Waals surface area contributed by atoms with Gasteiger partial charge in [0.25, 0.3) is 11.5 Å². The van der Waals surface area contributed by atoms with Crippen LogP contribution in [0.4, 0.5) is 0 Å². The van der Waals surface area contributed by atoms with Gasteiger partial charge >= 0.3 is 0 Å². The van der Waals surface area contributed by atoms with Gasteiger partial charge in [-0.3, -0.25) is 19.0 Å². The maximum atomic E-state index is 13.1. The van der Waals surface area contributed by atoms with Crippen LogP contribution in [0.1, 0.15) is 41.4 Å². The van der Waals surface area contributed by atoms with E-state index in [1.165, 1.54) is 22.2 Å². The number of rotatable bonds is 3. The smallest absolute Gasteiger partial charge is 0.264 e. The predicted octanol–water partition coefficient (Wildman–Crippen LogP) is 1.56. The lowest BCUT2D eigenvalue weighted by Gasteiger charge is -2.33. The van der Waals surface area contributed by atoms with Crippen LogP contribution in [0.2, 0.25) is 0 Å². The van der Waals surface area contributed by atoms with E-state index in [0.29, 0.717) is 33.7 Å². The molecule has 9 heteroatoms. The normalized spacial score (nSPS) is 20.7. The summed E-state index contributed by atoms with van der Waals surface area (Å²) in [5.41, 5.74) is 0.425. The monoisotopic (exact) mass is 431 g/mol. The Morgan fingerprint density at radius 1 is 1.17 bits per heavy atom. The second kappa shape index (κ2) is 8.47. The molecule has 4 heterocycles. The van der Waals surface area contributed by atoms with E-state index in [9.17, 15) is 14.4 Å². The highest BCUT2D eigenvalue weighted by molar-refractivity contribution is 7.20. The van der Waals surface area contributed by atoms with Crippen LogP contribution in [0, 0.1) is 6.92 Å². The molecule has 2 amide bonds. The molecule has 0 bridgehead atoms. The number of fused-ring (bicyclic) bond motifs is 1. The second-order valence-electron chi connectivity index (χ2n) is 8.44. The molecule has 0 aromatic carbocycles. The first-order chi connectivity index (χ1) is 14.4. The maximum Gasteiger partial charge on any atom is 0.264 e. The highest BCUT2D eigenvalue weighted by atomic mass is 32.1. The second-order valence-corrected chi connectivity index (χ2v) is 9.44. The molecule has 2 aromatic heterocycles. The summed E-state index contributed by atoms with van der Waals surface area (Å²) in [6, 6.07) is 0.203. The molecule has 4 rings (SSSR count). The molecule has 162 valence electrons. The number of hydrogen-bond donors (Lipinski definition) is 0. The number of hydrogen-bond acceptors (Lipinski definition) is 6. The van der Waals surface area contributed by atoms with Crippen LogP contribution in [0.3, 0.4) is 0 Å². The van der Waals surface area contributed by atoms with Gasteiger partial charge in [-0.15, -0.1) is 11.3 Å². The number of likely N-dealkylation sites (tertiary alicyclic amines) is 1. The third-order valence-corrected chi connectivity index (χ3v) is 7.52. The molecular weight excluding hydrogens is 402 g/mol. The molecule has 1 atom stereocenters. The summed E-state index contributed by atoms with van der Waals surface area (Å²) in [5.74, 6) is -0.0835. The van der Waals surface area contributed by atoms with Gasteiger partial charge in [-0.1, -0.05) is 0 Å². The van der Waals surface area contributed by atoms with E-state index in [1.807, 2.05) is 23.8 Å². The number of aryl methyl sites for hydroxylation is 1. The molecule has 0 N–H and O–H groups in total. The minimum atomic E-state index is -0.246. The Morgan fingerprint density at radius 3 is 2.60 bits per heavy atom. The molecule has 2 saturated heterocycles. The number of thiophene rings is 1. The minimum Gasteiger partial charge on any atom is -0.338 e. The van der Waals surface area contributed by atoms with Crippen molar-refractivity contribution < 1.29 is 9.59 Å². The van der Waals surface area contributed by atoms with E-state index in [1.54, 1.807) is 0 Å². The summed E-state index contributed by atoms with van der Waals surface area (Å²) in [6.45, 7) is 7.65. The first-order valence-corrected chi connectivity index (χ1v) is 11.4. The molecule has 2 fully saturated rings. The van der Waals surface area contributed by atoms with Crippen molar-refractivity contribution >= 4 is 33.4 Å². The fraction of sp³-hybridized carbons (Fsp3) is 0.619. The number of piperazine rings is 1. The number of nitrogens with zero attached hydrogens (tertiary/aromatic N) is 5. The van der Waals surface area contributed by atoms with Gasteiger partial charge in [0.15, 0.2) is 0 Å². The number of carbonyl (C=O) groups is 2. The van der Waals surface area contributed by atoms with Gasteiger partial charge in [0, 0.05) is 38.8 Å². The van der Waals surface area contributed by atoms with Crippen molar-refractivity contribution in [3.63, 3.8) is 0 Å².